The smallest absolute Gasteiger partial charge is 0.169 e. The average molecular weight is 285 g/mol. The Labute approximate surface area is 98.2 Å². The first-order valence-corrected chi connectivity index (χ1v) is 4.88. The Bertz CT molecular complexity index is 288. The van der Waals surface area contributed by atoms with E-state index < -0.39 is 0 Å². The molecule has 1 aromatic rings. The van der Waals surface area contributed by atoms with Crippen LogP contribution in [0.1, 0.15) is 25.6 Å². The van der Waals surface area contributed by atoms with E-state index in [1.165, 1.54) is 0 Å². The number of hydrogen-bond donors (Lipinski definition) is 2. The summed E-state index contributed by atoms with van der Waals surface area (Å²) in [4.78, 5) is 0. The van der Waals surface area contributed by atoms with Crippen LogP contribution in [0.3, 0.4) is 0 Å². The second-order valence-corrected chi connectivity index (χ2v) is 4.55. The third-order valence-electron chi connectivity index (χ3n) is 2.15. The van der Waals surface area contributed by atoms with Crippen LogP contribution >= 0.6 is 28.3 Å². The lowest BCUT2D eigenvalue weighted by molar-refractivity contribution is 0.122. The van der Waals surface area contributed by atoms with Crippen LogP contribution in [-0.4, -0.2) is 11.7 Å². The zero-order valence-electron chi connectivity index (χ0n) is 8.16. The number of furan rings is 1. The van der Waals surface area contributed by atoms with Gasteiger partial charge in [0, 0.05) is 5.41 Å². The number of hydrogen-bond acceptors (Lipinski definition) is 3. The van der Waals surface area contributed by atoms with E-state index in [1.807, 2.05) is 19.9 Å². The molecule has 0 aromatic carbocycles. The zero-order chi connectivity index (χ0) is 10.1. The van der Waals surface area contributed by atoms with Crippen LogP contribution in [0.25, 0.3) is 0 Å². The molecule has 1 aromatic heterocycles. The van der Waals surface area contributed by atoms with E-state index >= 15 is 0 Å². The Morgan fingerprint density at radius 2 is 2.14 bits per heavy atom. The topological polar surface area (TPSA) is 59.4 Å². The molecule has 0 aliphatic heterocycles. The van der Waals surface area contributed by atoms with Gasteiger partial charge in [-0.15, -0.1) is 12.4 Å². The SMILES string of the molecule is CC(C)(CO)[C@H](N)c1ccc(Br)o1.Cl. The van der Waals surface area contributed by atoms with E-state index in [0.717, 1.165) is 0 Å². The van der Waals surface area contributed by atoms with Gasteiger partial charge < -0.3 is 15.3 Å². The van der Waals surface area contributed by atoms with Gasteiger partial charge in [-0.3, -0.25) is 0 Å². The van der Waals surface area contributed by atoms with Crippen LogP contribution < -0.4 is 5.73 Å². The fraction of sp³-hybridized carbons (Fsp3) is 0.556. The minimum absolute atomic E-state index is 0. The van der Waals surface area contributed by atoms with E-state index in [1.54, 1.807) is 6.07 Å². The van der Waals surface area contributed by atoms with Crippen molar-refractivity contribution in [1.29, 1.82) is 0 Å². The maximum atomic E-state index is 9.10. The normalized spacial score (nSPS) is 13.5. The van der Waals surface area contributed by atoms with Crippen molar-refractivity contribution in [3.8, 4) is 0 Å². The van der Waals surface area contributed by atoms with Gasteiger partial charge in [-0.05, 0) is 28.1 Å². The van der Waals surface area contributed by atoms with Gasteiger partial charge in [-0.25, -0.2) is 0 Å². The summed E-state index contributed by atoms with van der Waals surface area (Å²) in [5.41, 5.74) is 5.56. The standard InChI is InChI=1S/C9H14BrNO2.ClH/c1-9(2,5-12)8(11)6-3-4-7(10)13-6;/h3-4,8,12H,5,11H2,1-2H3;1H/t8-;/m1./s1. The molecule has 0 fully saturated rings. The number of nitrogens with two attached hydrogens (primary N) is 1. The maximum Gasteiger partial charge on any atom is 0.169 e. The van der Waals surface area contributed by atoms with E-state index in [0.29, 0.717) is 10.4 Å². The van der Waals surface area contributed by atoms with E-state index in [9.17, 15) is 0 Å². The predicted octanol–water partition coefficient (Wildman–Crippen LogP) is 2.48. The molecule has 0 unspecified atom stereocenters. The Kier molecular flexibility index (Phi) is 5.15. The maximum absolute atomic E-state index is 9.10. The molecule has 1 heterocycles. The number of aliphatic hydroxyl groups is 1. The second kappa shape index (κ2) is 5.16. The van der Waals surface area contributed by atoms with Gasteiger partial charge in [0.05, 0.1) is 12.6 Å². The monoisotopic (exact) mass is 283 g/mol. The molecular formula is C9H15BrClNO2. The summed E-state index contributed by atoms with van der Waals surface area (Å²) in [6.45, 7) is 3.83. The molecule has 0 aliphatic carbocycles. The Morgan fingerprint density at radius 1 is 1.57 bits per heavy atom. The van der Waals surface area contributed by atoms with E-state index in [2.05, 4.69) is 15.9 Å². The van der Waals surface area contributed by atoms with Crippen molar-refractivity contribution in [1.82, 2.24) is 0 Å². The molecule has 0 radical (unpaired) electrons. The Balaban J connectivity index is 0.00000169. The van der Waals surface area contributed by atoms with Crippen LogP contribution in [0.15, 0.2) is 21.2 Å². The minimum atomic E-state index is -0.364. The molecule has 0 saturated carbocycles. The molecule has 5 heteroatoms. The van der Waals surface area contributed by atoms with Crippen molar-refractivity contribution in [3.63, 3.8) is 0 Å². The lowest BCUT2D eigenvalue weighted by Crippen LogP contribution is -2.32. The lowest BCUT2D eigenvalue weighted by atomic mass is 9.84. The van der Waals surface area contributed by atoms with Gasteiger partial charge in [0.25, 0.3) is 0 Å². The number of rotatable bonds is 3. The summed E-state index contributed by atoms with van der Waals surface area (Å²) in [6, 6.07) is 3.32. The van der Waals surface area contributed by atoms with Crippen LogP contribution in [-0.2, 0) is 0 Å². The third kappa shape index (κ3) is 2.98. The predicted molar refractivity (Wildman–Crippen MR) is 61.5 cm³/mol. The first-order valence-electron chi connectivity index (χ1n) is 4.09. The van der Waals surface area contributed by atoms with Gasteiger partial charge in [-0.2, -0.15) is 0 Å². The van der Waals surface area contributed by atoms with Crippen molar-refractivity contribution < 1.29 is 9.52 Å². The highest BCUT2D eigenvalue weighted by molar-refractivity contribution is 9.10. The Hall–Kier alpha value is -0.0300. The molecule has 0 amide bonds. The van der Waals surface area contributed by atoms with Crippen LogP contribution in [0, 0.1) is 5.41 Å². The number of halogens is 2. The summed E-state index contributed by atoms with van der Waals surface area (Å²) in [5, 5.41) is 9.10. The molecule has 0 aliphatic rings. The molecule has 0 spiro atoms. The molecule has 0 bridgehead atoms. The first kappa shape index (κ1) is 14.0. The zero-order valence-corrected chi connectivity index (χ0v) is 10.6. The second-order valence-electron chi connectivity index (χ2n) is 3.77. The van der Waals surface area contributed by atoms with Gasteiger partial charge >= 0.3 is 0 Å². The van der Waals surface area contributed by atoms with E-state index in [4.69, 9.17) is 15.3 Å². The van der Waals surface area contributed by atoms with Crippen LogP contribution in [0.4, 0.5) is 0 Å². The molecule has 3 nitrogen and oxygen atoms in total. The third-order valence-corrected chi connectivity index (χ3v) is 2.58. The summed E-state index contributed by atoms with van der Waals surface area (Å²) in [6.07, 6.45) is 0. The molecule has 14 heavy (non-hydrogen) atoms. The molecule has 3 N–H and O–H groups in total. The molecule has 0 saturated heterocycles. The van der Waals surface area contributed by atoms with Gasteiger partial charge in [0.15, 0.2) is 4.67 Å². The van der Waals surface area contributed by atoms with Crippen molar-refractivity contribution in [2.24, 2.45) is 11.1 Å². The highest BCUT2D eigenvalue weighted by atomic mass is 79.9. The summed E-state index contributed by atoms with van der Waals surface area (Å²) in [5.74, 6) is 0.686. The summed E-state index contributed by atoms with van der Waals surface area (Å²) < 4.78 is 5.97. The van der Waals surface area contributed by atoms with Gasteiger partial charge in [0.2, 0.25) is 0 Å². The molecule has 82 valence electrons. The van der Waals surface area contributed by atoms with Crippen molar-refractivity contribution >= 4 is 28.3 Å². The van der Waals surface area contributed by atoms with Crippen LogP contribution in [0.5, 0.6) is 0 Å². The summed E-state index contributed by atoms with van der Waals surface area (Å²) >= 11 is 3.20. The highest BCUT2D eigenvalue weighted by Crippen LogP contribution is 2.32. The van der Waals surface area contributed by atoms with E-state index in [-0.39, 0.29) is 30.5 Å². The molecule has 1 rings (SSSR count). The molecule has 1 atom stereocenters. The van der Waals surface area contributed by atoms with Crippen molar-refractivity contribution in [2.45, 2.75) is 19.9 Å². The van der Waals surface area contributed by atoms with Crippen molar-refractivity contribution in [2.75, 3.05) is 6.61 Å². The number of aliphatic hydroxyl groups excluding tert-OH is 1. The van der Waals surface area contributed by atoms with Crippen molar-refractivity contribution in [3.05, 3.63) is 22.6 Å². The van der Waals surface area contributed by atoms with Gasteiger partial charge in [-0.1, -0.05) is 13.8 Å². The molecular weight excluding hydrogens is 269 g/mol. The summed E-state index contributed by atoms with van der Waals surface area (Å²) in [7, 11) is 0. The first-order chi connectivity index (χ1) is 5.97. The minimum Gasteiger partial charge on any atom is -0.453 e. The lowest BCUT2D eigenvalue weighted by Gasteiger charge is -2.27. The fourth-order valence-corrected chi connectivity index (χ4v) is 1.30. The Morgan fingerprint density at radius 3 is 2.50 bits per heavy atom. The average Bonchev–Trinajstić information content (AvgIpc) is 2.50. The quantitative estimate of drug-likeness (QED) is 0.896. The van der Waals surface area contributed by atoms with Gasteiger partial charge in [0.1, 0.15) is 5.76 Å². The highest BCUT2D eigenvalue weighted by Gasteiger charge is 2.29. The largest absolute Gasteiger partial charge is 0.453 e. The van der Waals surface area contributed by atoms with Crippen LogP contribution in [0.2, 0.25) is 0 Å². The fourth-order valence-electron chi connectivity index (χ4n) is 0.979.